The minimum Gasteiger partial charge on any atom is -0.463 e. The third-order valence-electron chi connectivity index (χ3n) is 2.87. The monoisotopic (exact) mass is 463 g/mol. The van der Waals surface area contributed by atoms with Gasteiger partial charge in [-0.2, -0.15) is 0 Å². The SMILES string of the molecule is COC(=O)c1oc(-c2cc(Br)ccc2I)nc1C(C)(C)C. The van der Waals surface area contributed by atoms with Crippen molar-refractivity contribution in [2.24, 2.45) is 0 Å². The Kier molecular flexibility index (Phi) is 4.77. The first-order valence-corrected chi connectivity index (χ1v) is 8.16. The smallest absolute Gasteiger partial charge is 0.376 e. The Balaban J connectivity index is 2.64. The molecular formula is C15H15BrINO3. The lowest BCUT2D eigenvalue weighted by Gasteiger charge is -2.15. The molecule has 1 aromatic heterocycles. The molecule has 0 aliphatic carbocycles. The molecule has 0 bridgehead atoms. The van der Waals surface area contributed by atoms with Crippen LogP contribution in [0.25, 0.3) is 11.5 Å². The fourth-order valence-corrected chi connectivity index (χ4v) is 2.76. The average molecular weight is 464 g/mol. The topological polar surface area (TPSA) is 52.3 Å². The zero-order valence-corrected chi connectivity index (χ0v) is 15.9. The first-order chi connectivity index (χ1) is 9.74. The van der Waals surface area contributed by atoms with Crippen LogP contribution in [-0.2, 0) is 10.2 Å². The fourth-order valence-electron chi connectivity index (χ4n) is 1.84. The van der Waals surface area contributed by atoms with Crippen LogP contribution >= 0.6 is 38.5 Å². The second kappa shape index (κ2) is 6.08. The zero-order chi connectivity index (χ0) is 15.8. The van der Waals surface area contributed by atoms with Crippen molar-refractivity contribution < 1.29 is 13.9 Å². The average Bonchev–Trinajstić information content (AvgIpc) is 2.85. The summed E-state index contributed by atoms with van der Waals surface area (Å²) in [6.45, 7) is 5.94. The summed E-state index contributed by atoms with van der Waals surface area (Å²) >= 11 is 5.65. The minimum atomic E-state index is -0.510. The Hall–Kier alpha value is -0.890. The van der Waals surface area contributed by atoms with E-state index in [0.29, 0.717) is 11.6 Å². The summed E-state index contributed by atoms with van der Waals surface area (Å²) in [6, 6.07) is 5.82. The summed E-state index contributed by atoms with van der Waals surface area (Å²) in [5.41, 5.74) is 1.12. The molecule has 0 aliphatic rings. The molecule has 2 rings (SSSR count). The van der Waals surface area contributed by atoms with Gasteiger partial charge in [-0.1, -0.05) is 36.7 Å². The highest BCUT2D eigenvalue weighted by molar-refractivity contribution is 14.1. The Morgan fingerprint density at radius 2 is 2.05 bits per heavy atom. The Bertz CT molecular complexity index is 689. The van der Waals surface area contributed by atoms with Crippen LogP contribution < -0.4 is 0 Å². The van der Waals surface area contributed by atoms with Crippen molar-refractivity contribution in [1.82, 2.24) is 4.98 Å². The highest BCUT2D eigenvalue weighted by Crippen LogP contribution is 2.33. The molecule has 0 fully saturated rings. The lowest BCUT2D eigenvalue weighted by atomic mass is 9.91. The summed E-state index contributed by atoms with van der Waals surface area (Å²) < 4.78 is 12.4. The Morgan fingerprint density at radius 3 is 2.62 bits per heavy atom. The van der Waals surface area contributed by atoms with Crippen LogP contribution in [0.1, 0.15) is 37.0 Å². The van der Waals surface area contributed by atoms with E-state index in [9.17, 15) is 4.79 Å². The number of oxazole rings is 1. The van der Waals surface area contributed by atoms with Crippen LogP contribution in [0.2, 0.25) is 0 Å². The zero-order valence-electron chi connectivity index (χ0n) is 12.2. The summed E-state index contributed by atoms with van der Waals surface area (Å²) in [5.74, 6) is 0.0745. The van der Waals surface area contributed by atoms with Gasteiger partial charge < -0.3 is 9.15 Å². The highest BCUT2D eigenvalue weighted by atomic mass is 127. The third-order valence-corrected chi connectivity index (χ3v) is 4.30. The van der Waals surface area contributed by atoms with Gasteiger partial charge in [-0.15, -0.1) is 0 Å². The number of halogens is 2. The summed E-state index contributed by atoms with van der Waals surface area (Å²) in [5, 5.41) is 0. The van der Waals surface area contributed by atoms with Crippen LogP contribution in [0.5, 0.6) is 0 Å². The second-order valence-corrected chi connectivity index (χ2v) is 7.64. The molecule has 0 spiro atoms. The van der Waals surface area contributed by atoms with Gasteiger partial charge in [0.2, 0.25) is 11.7 Å². The molecule has 2 aromatic rings. The van der Waals surface area contributed by atoms with Crippen LogP contribution in [-0.4, -0.2) is 18.1 Å². The van der Waals surface area contributed by atoms with Crippen LogP contribution in [0.4, 0.5) is 0 Å². The number of aromatic nitrogens is 1. The standard InChI is InChI=1S/C15H15BrINO3/c1-15(2,3)12-11(14(19)20-4)21-13(18-12)9-7-8(16)5-6-10(9)17/h5-7H,1-4H3. The van der Waals surface area contributed by atoms with E-state index in [-0.39, 0.29) is 11.2 Å². The van der Waals surface area contributed by atoms with Crippen molar-refractivity contribution in [2.75, 3.05) is 7.11 Å². The van der Waals surface area contributed by atoms with Crippen molar-refractivity contribution in [1.29, 1.82) is 0 Å². The molecule has 1 aromatic carbocycles. The lowest BCUT2D eigenvalue weighted by molar-refractivity contribution is 0.0562. The first kappa shape index (κ1) is 16.5. The number of carbonyl (C=O) groups excluding carboxylic acids is 1. The van der Waals surface area contributed by atoms with E-state index >= 15 is 0 Å². The van der Waals surface area contributed by atoms with E-state index in [1.54, 1.807) is 0 Å². The van der Waals surface area contributed by atoms with Crippen LogP contribution in [0.15, 0.2) is 27.1 Å². The van der Waals surface area contributed by atoms with Gasteiger partial charge >= 0.3 is 5.97 Å². The van der Waals surface area contributed by atoms with E-state index in [2.05, 4.69) is 43.5 Å². The quantitative estimate of drug-likeness (QED) is 0.474. The molecule has 112 valence electrons. The number of esters is 1. The number of carbonyl (C=O) groups is 1. The maximum absolute atomic E-state index is 11.9. The Morgan fingerprint density at radius 1 is 1.38 bits per heavy atom. The van der Waals surface area contributed by atoms with Gasteiger partial charge in [-0.05, 0) is 40.8 Å². The van der Waals surface area contributed by atoms with Crippen molar-refractivity contribution in [2.45, 2.75) is 26.2 Å². The largest absolute Gasteiger partial charge is 0.463 e. The summed E-state index contributed by atoms with van der Waals surface area (Å²) in [6.07, 6.45) is 0. The van der Waals surface area contributed by atoms with Crippen molar-refractivity contribution in [3.8, 4) is 11.5 Å². The molecule has 0 radical (unpaired) electrons. The molecule has 6 heteroatoms. The van der Waals surface area contributed by atoms with Crippen molar-refractivity contribution >= 4 is 44.5 Å². The normalized spacial score (nSPS) is 11.5. The van der Waals surface area contributed by atoms with Gasteiger partial charge in [0.25, 0.3) is 0 Å². The minimum absolute atomic E-state index is 0.163. The van der Waals surface area contributed by atoms with Crippen LogP contribution in [0.3, 0.4) is 0 Å². The number of rotatable bonds is 2. The van der Waals surface area contributed by atoms with Gasteiger partial charge in [0.05, 0.1) is 12.7 Å². The van der Waals surface area contributed by atoms with Gasteiger partial charge in [-0.3, -0.25) is 0 Å². The molecule has 0 saturated heterocycles. The van der Waals surface area contributed by atoms with E-state index in [1.165, 1.54) is 7.11 Å². The second-order valence-electron chi connectivity index (χ2n) is 5.56. The van der Waals surface area contributed by atoms with E-state index in [0.717, 1.165) is 13.6 Å². The molecular weight excluding hydrogens is 449 g/mol. The number of nitrogens with zero attached hydrogens (tertiary/aromatic N) is 1. The molecule has 0 N–H and O–H groups in total. The maximum Gasteiger partial charge on any atom is 0.376 e. The van der Waals surface area contributed by atoms with E-state index in [1.807, 2.05) is 39.0 Å². The molecule has 1 heterocycles. The number of methoxy groups -OCH3 is 1. The Labute approximate surface area is 145 Å². The maximum atomic E-state index is 11.9. The summed E-state index contributed by atoms with van der Waals surface area (Å²) in [7, 11) is 1.33. The summed E-state index contributed by atoms with van der Waals surface area (Å²) in [4.78, 5) is 16.4. The van der Waals surface area contributed by atoms with Gasteiger partial charge in [-0.25, -0.2) is 9.78 Å². The first-order valence-electron chi connectivity index (χ1n) is 6.29. The van der Waals surface area contributed by atoms with E-state index in [4.69, 9.17) is 9.15 Å². The number of benzene rings is 1. The van der Waals surface area contributed by atoms with Crippen molar-refractivity contribution in [3.05, 3.63) is 37.7 Å². The lowest BCUT2D eigenvalue weighted by Crippen LogP contribution is -2.17. The van der Waals surface area contributed by atoms with Gasteiger partial charge in [0.15, 0.2) is 0 Å². The molecule has 0 unspecified atom stereocenters. The molecule has 0 atom stereocenters. The number of hydrogen-bond acceptors (Lipinski definition) is 4. The third kappa shape index (κ3) is 3.48. The van der Waals surface area contributed by atoms with Gasteiger partial charge in [0.1, 0.15) is 5.69 Å². The molecule has 4 nitrogen and oxygen atoms in total. The van der Waals surface area contributed by atoms with E-state index < -0.39 is 5.97 Å². The molecule has 0 aliphatic heterocycles. The fraction of sp³-hybridized carbons (Fsp3) is 0.333. The number of ether oxygens (including phenoxy) is 1. The molecule has 0 amide bonds. The van der Waals surface area contributed by atoms with Gasteiger partial charge in [0, 0.05) is 13.5 Å². The molecule has 0 saturated carbocycles. The van der Waals surface area contributed by atoms with Crippen LogP contribution in [0, 0.1) is 3.57 Å². The van der Waals surface area contributed by atoms with Crippen molar-refractivity contribution in [3.63, 3.8) is 0 Å². The highest BCUT2D eigenvalue weighted by Gasteiger charge is 2.30. The number of hydrogen-bond donors (Lipinski definition) is 0. The molecule has 21 heavy (non-hydrogen) atoms. The predicted molar refractivity (Wildman–Crippen MR) is 92.4 cm³/mol. The predicted octanol–water partition coefficient (Wildman–Crippen LogP) is 4.79.